The molecule has 0 aromatic heterocycles. The molecule has 18 heavy (non-hydrogen) atoms. The first kappa shape index (κ1) is 14.4. The fourth-order valence-electron chi connectivity index (χ4n) is 1.60. The molecule has 5 heteroatoms. The zero-order valence-corrected chi connectivity index (χ0v) is 10.9. The van der Waals surface area contributed by atoms with Crippen LogP contribution in [0, 0.1) is 5.82 Å². The number of carbonyl (C=O) groups is 1. The van der Waals surface area contributed by atoms with Gasteiger partial charge in [0, 0.05) is 13.1 Å². The number of nitrogens with zero attached hydrogens (tertiary/aromatic N) is 1. The number of rotatable bonds is 6. The Balaban J connectivity index is 2.46. The third-order valence-electron chi connectivity index (χ3n) is 2.50. The van der Waals surface area contributed by atoms with Crippen LogP contribution in [0.15, 0.2) is 18.2 Å². The average Bonchev–Trinajstić information content (AvgIpc) is 2.31. The second kappa shape index (κ2) is 6.96. The minimum absolute atomic E-state index is 0.0183. The summed E-state index contributed by atoms with van der Waals surface area (Å²) in [4.78, 5) is 13.3. The van der Waals surface area contributed by atoms with Crippen molar-refractivity contribution in [1.29, 1.82) is 0 Å². The quantitative estimate of drug-likeness (QED) is 0.753. The van der Waals surface area contributed by atoms with Gasteiger partial charge in [-0.2, -0.15) is 0 Å². The van der Waals surface area contributed by atoms with Gasteiger partial charge in [0.25, 0.3) is 0 Å². The van der Waals surface area contributed by atoms with Crippen molar-refractivity contribution in [3.05, 3.63) is 29.6 Å². The molecule has 0 atom stereocenters. The van der Waals surface area contributed by atoms with Gasteiger partial charge in [-0.05, 0) is 31.2 Å². The molecule has 1 rings (SSSR count). The van der Waals surface area contributed by atoms with E-state index in [0.717, 1.165) is 12.0 Å². The molecule has 4 nitrogen and oxygen atoms in total. The molecule has 0 bridgehead atoms. The van der Waals surface area contributed by atoms with Crippen molar-refractivity contribution >= 4 is 11.6 Å². The van der Waals surface area contributed by atoms with Crippen LogP contribution in [0.3, 0.4) is 0 Å². The zero-order valence-electron chi connectivity index (χ0n) is 10.9. The number of hydrogen-bond acceptors (Lipinski definition) is 3. The van der Waals surface area contributed by atoms with Gasteiger partial charge >= 0.3 is 0 Å². The summed E-state index contributed by atoms with van der Waals surface area (Å²) in [6.45, 7) is 3.49. The van der Waals surface area contributed by atoms with Gasteiger partial charge in [-0.3, -0.25) is 9.69 Å². The predicted molar refractivity (Wildman–Crippen MR) is 70.4 cm³/mol. The second-order valence-electron chi connectivity index (χ2n) is 4.38. The Morgan fingerprint density at radius 3 is 2.83 bits per heavy atom. The number of hydrogen-bond donors (Lipinski definition) is 2. The molecule has 0 saturated heterocycles. The highest BCUT2D eigenvalue weighted by Gasteiger charge is 2.07. The number of nitrogens with two attached hydrogens (primary N) is 1. The first-order valence-corrected chi connectivity index (χ1v) is 6.02. The fraction of sp³-hybridized carbons (Fsp3) is 0.462. The molecule has 0 saturated carbocycles. The molecule has 1 amide bonds. The molecule has 0 aliphatic carbocycles. The van der Waals surface area contributed by atoms with E-state index >= 15 is 0 Å². The molecule has 0 spiro atoms. The average molecular weight is 253 g/mol. The molecular formula is C13H20FN3O. The second-order valence-corrected chi connectivity index (χ2v) is 4.38. The lowest BCUT2D eigenvalue weighted by Crippen LogP contribution is -2.35. The van der Waals surface area contributed by atoms with Gasteiger partial charge in [-0.1, -0.05) is 13.0 Å². The number of halogens is 1. The summed E-state index contributed by atoms with van der Waals surface area (Å²) in [6.07, 6.45) is 0.915. The highest BCUT2D eigenvalue weighted by molar-refractivity contribution is 5.77. The number of anilines is 1. The van der Waals surface area contributed by atoms with Crippen LogP contribution in [0.1, 0.15) is 18.9 Å². The fourth-order valence-corrected chi connectivity index (χ4v) is 1.60. The predicted octanol–water partition coefficient (Wildman–Crippen LogP) is 1.37. The van der Waals surface area contributed by atoms with E-state index in [4.69, 9.17) is 5.73 Å². The summed E-state index contributed by atoms with van der Waals surface area (Å²) >= 11 is 0. The summed E-state index contributed by atoms with van der Waals surface area (Å²) in [5, 5.41) is 2.79. The lowest BCUT2D eigenvalue weighted by atomic mass is 10.2. The number of benzene rings is 1. The first-order chi connectivity index (χ1) is 8.52. The molecule has 0 aliphatic heterocycles. The van der Waals surface area contributed by atoms with Gasteiger partial charge in [-0.15, -0.1) is 0 Å². The standard InChI is InChI=1S/C13H20FN3O/c1-3-6-16-13(18)9-17(2)8-10-4-5-12(15)11(14)7-10/h4-5,7H,3,6,8-9,15H2,1-2H3,(H,16,18). The van der Waals surface area contributed by atoms with Crippen LogP contribution in [-0.4, -0.2) is 30.9 Å². The van der Waals surface area contributed by atoms with E-state index in [-0.39, 0.29) is 11.6 Å². The first-order valence-electron chi connectivity index (χ1n) is 6.02. The molecule has 0 radical (unpaired) electrons. The molecule has 0 heterocycles. The molecule has 0 fully saturated rings. The number of amides is 1. The SMILES string of the molecule is CCCNC(=O)CN(C)Cc1ccc(N)c(F)c1. The minimum Gasteiger partial charge on any atom is -0.396 e. The molecule has 0 aliphatic rings. The Morgan fingerprint density at radius 1 is 1.50 bits per heavy atom. The maximum atomic E-state index is 13.2. The van der Waals surface area contributed by atoms with E-state index < -0.39 is 5.82 Å². The van der Waals surface area contributed by atoms with Gasteiger partial charge in [0.15, 0.2) is 0 Å². The Bertz CT molecular complexity index is 409. The van der Waals surface area contributed by atoms with Gasteiger partial charge in [0.05, 0.1) is 12.2 Å². The molecule has 1 aromatic carbocycles. The van der Waals surface area contributed by atoms with Crippen molar-refractivity contribution in [3.63, 3.8) is 0 Å². The maximum Gasteiger partial charge on any atom is 0.234 e. The van der Waals surface area contributed by atoms with Crippen LogP contribution in [0.2, 0.25) is 0 Å². The molecule has 100 valence electrons. The van der Waals surface area contributed by atoms with Crippen molar-refractivity contribution in [3.8, 4) is 0 Å². The van der Waals surface area contributed by atoms with Crippen LogP contribution in [0.5, 0.6) is 0 Å². The highest BCUT2D eigenvalue weighted by Crippen LogP contribution is 2.13. The molecule has 1 aromatic rings. The minimum atomic E-state index is -0.420. The number of likely N-dealkylation sites (N-methyl/N-ethyl adjacent to an activating group) is 1. The smallest absolute Gasteiger partial charge is 0.234 e. The maximum absolute atomic E-state index is 13.2. The van der Waals surface area contributed by atoms with E-state index in [1.54, 1.807) is 6.07 Å². The Morgan fingerprint density at radius 2 is 2.22 bits per heavy atom. The summed E-state index contributed by atoms with van der Waals surface area (Å²) in [5.41, 5.74) is 6.34. The molecule has 3 N–H and O–H groups in total. The van der Waals surface area contributed by atoms with E-state index in [2.05, 4.69) is 5.32 Å². The third-order valence-corrected chi connectivity index (χ3v) is 2.50. The molecule has 0 unspecified atom stereocenters. The highest BCUT2D eigenvalue weighted by atomic mass is 19.1. The van der Waals surface area contributed by atoms with E-state index in [0.29, 0.717) is 19.6 Å². The van der Waals surface area contributed by atoms with Crippen LogP contribution >= 0.6 is 0 Å². The van der Waals surface area contributed by atoms with Gasteiger partial charge in [0.1, 0.15) is 5.82 Å². The van der Waals surface area contributed by atoms with Crippen LogP contribution in [0.4, 0.5) is 10.1 Å². The van der Waals surface area contributed by atoms with E-state index in [9.17, 15) is 9.18 Å². The van der Waals surface area contributed by atoms with Crippen molar-refractivity contribution in [2.24, 2.45) is 0 Å². The summed E-state index contributed by atoms with van der Waals surface area (Å²) in [5.74, 6) is -0.438. The lowest BCUT2D eigenvalue weighted by molar-refractivity contribution is -0.122. The van der Waals surface area contributed by atoms with Crippen LogP contribution < -0.4 is 11.1 Å². The van der Waals surface area contributed by atoms with Gasteiger partial charge in [-0.25, -0.2) is 4.39 Å². The van der Waals surface area contributed by atoms with Crippen molar-refractivity contribution in [2.45, 2.75) is 19.9 Å². The third kappa shape index (κ3) is 4.71. The van der Waals surface area contributed by atoms with Crippen molar-refractivity contribution in [1.82, 2.24) is 10.2 Å². The summed E-state index contributed by atoms with van der Waals surface area (Å²) in [6, 6.07) is 4.70. The topological polar surface area (TPSA) is 58.4 Å². The number of nitrogen functional groups attached to an aromatic ring is 1. The number of nitrogens with one attached hydrogen (secondary N) is 1. The van der Waals surface area contributed by atoms with Crippen LogP contribution in [0.25, 0.3) is 0 Å². The van der Waals surface area contributed by atoms with Gasteiger partial charge in [0.2, 0.25) is 5.91 Å². The lowest BCUT2D eigenvalue weighted by Gasteiger charge is -2.16. The number of carbonyl (C=O) groups excluding carboxylic acids is 1. The largest absolute Gasteiger partial charge is 0.396 e. The monoisotopic (exact) mass is 253 g/mol. The van der Waals surface area contributed by atoms with Crippen molar-refractivity contribution < 1.29 is 9.18 Å². The summed E-state index contributed by atoms with van der Waals surface area (Å²) < 4.78 is 13.2. The van der Waals surface area contributed by atoms with Crippen LogP contribution in [-0.2, 0) is 11.3 Å². The normalized spacial score (nSPS) is 10.7. The van der Waals surface area contributed by atoms with E-state index in [1.807, 2.05) is 18.9 Å². The van der Waals surface area contributed by atoms with Crippen molar-refractivity contribution in [2.75, 3.05) is 25.9 Å². The molecular weight excluding hydrogens is 233 g/mol. The Hall–Kier alpha value is -1.62. The Labute approximate surface area is 107 Å². The Kier molecular flexibility index (Phi) is 5.58. The zero-order chi connectivity index (χ0) is 13.5. The van der Waals surface area contributed by atoms with E-state index in [1.165, 1.54) is 12.1 Å². The summed E-state index contributed by atoms with van der Waals surface area (Å²) in [7, 11) is 1.82. The van der Waals surface area contributed by atoms with Gasteiger partial charge < -0.3 is 11.1 Å².